The molecular weight excluding hydrogens is 398 g/mol. The van der Waals surface area contributed by atoms with Gasteiger partial charge in [0.2, 0.25) is 0 Å². The highest BCUT2D eigenvalue weighted by Crippen LogP contribution is 2.32. The monoisotopic (exact) mass is 417 g/mol. The second-order valence-corrected chi connectivity index (χ2v) is 6.61. The smallest absolute Gasteiger partial charge is 0.271 e. The Balaban J connectivity index is 1.48. The van der Waals surface area contributed by atoms with Gasteiger partial charge in [-0.25, -0.2) is 0 Å². The van der Waals surface area contributed by atoms with Crippen LogP contribution in [-0.2, 0) is 4.79 Å². The first-order valence-corrected chi connectivity index (χ1v) is 9.36. The number of amides is 2. The number of anilines is 1. The summed E-state index contributed by atoms with van der Waals surface area (Å²) >= 11 is 0. The maximum atomic E-state index is 12.5. The molecule has 3 aromatic carbocycles. The number of rotatable bonds is 7. The second kappa shape index (κ2) is 8.54. The number of H-pyrrole nitrogens is 1. The van der Waals surface area contributed by atoms with Crippen molar-refractivity contribution in [2.75, 3.05) is 19.0 Å². The van der Waals surface area contributed by atoms with Crippen LogP contribution in [0, 0.1) is 0 Å². The summed E-state index contributed by atoms with van der Waals surface area (Å²) in [6, 6.07) is 18.4. The molecule has 31 heavy (non-hydrogen) atoms. The molecule has 0 saturated heterocycles. The number of aromatic amines is 1. The van der Waals surface area contributed by atoms with E-state index in [1.165, 1.54) is 7.11 Å². The molecule has 0 unspecified atom stereocenters. The number of ether oxygens (including phenoxy) is 2. The molecule has 1 heterocycles. The molecule has 4 aromatic rings. The molecule has 1 aromatic heterocycles. The SMILES string of the molecule is COc1cc(-c2n[nH]nc2C(N)=O)ccc1OCC(=O)Nc1cccc2ccccc12. The van der Waals surface area contributed by atoms with Crippen molar-refractivity contribution in [2.24, 2.45) is 5.73 Å². The number of aromatic nitrogens is 3. The highest BCUT2D eigenvalue weighted by Gasteiger charge is 2.17. The molecule has 9 heteroatoms. The summed E-state index contributed by atoms with van der Waals surface area (Å²) in [6.45, 7) is -0.213. The Morgan fingerprint density at radius 2 is 1.84 bits per heavy atom. The summed E-state index contributed by atoms with van der Waals surface area (Å²) in [4.78, 5) is 23.9. The van der Waals surface area contributed by atoms with Gasteiger partial charge in [0.1, 0.15) is 5.69 Å². The van der Waals surface area contributed by atoms with Crippen molar-refractivity contribution in [1.29, 1.82) is 0 Å². The number of primary amides is 1. The van der Waals surface area contributed by atoms with Crippen LogP contribution in [0.2, 0.25) is 0 Å². The van der Waals surface area contributed by atoms with E-state index in [-0.39, 0.29) is 18.2 Å². The Morgan fingerprint density at radius 1 is 1.03 bits per heavy atom. The summed E-state index contributed by atoms with van der Waals surface area (Å²) in [6.07, 6.45) is 0. The third kappa shape index (κ3) is 4.15. The lowest BCUT2D eigenvalue weighted by atomic mass is 10.1. The van der Waals surface area contributed by atoms with Crippen molar-refractivity contribution in [3.63, 3.8) is 0 Å². The number of benzene rings is 3. The number of methoxy groups -OCH3 is 1. The minimum absolute atomic E-state index is 0.0187. The highest BCUT2D eigenvalue weighted by atomic mass is 16.5. The zero-order valence-electron chi connectivity index (χ0n) is 16.6. The Bertz CT molecular complexity index is 1260. The lowest BCUT2D eigenvalue weighted by Crippen LogP contribution is -2.20. The van der Waals surface area contributed by atoms with Crippen LogP contribution in [-0.4, -0.2) is 40.9 Å². The highest BCUT2D eigenvalue weighted by molar-refractivity contribution is 6.02. The fraction of sp³-hybridized carbons (Fsp3) is 0.0909. The van der Waals surface area contributed by atoms with Crippen molar-refractivity contribution in [3.05, 3.63) is 66.4 Å². The molecule has 0 radical (unpaired) electrons. The number of fused-ring (bicyclic) bond motifs is 1. The molecule has 0 saturated carbocycles. The van der Waals surface area contributed by atoms with Crippen LogP contribution in [0.5, 0.6) is 11.5 Å². The number of carbonyl (C=O) groups excluding carboxylic acids is 2. The average molecular weight is 417 g/mol. The maximum absolute atomic E-state index is 12.5. The van der Waals surface area contributed by atoms with Gasteiger partial charge >= 0.3 is 0 Å². The van der Waals surface area contributed by atoms with Crippen molar-refractivity contribution in [3.8, 4) is 22.8 Å². The van der Waals surface area contributed by atoms with Gasteiger partial charge in [-0.05, 0) is 29.7 Å². The van der Waals surface area contributed by atoms with Gasteiger partial charge in [0, 0.05) is 16.6 Å². The molecule has 4 N–H and O–H groups in total. The molecule has 0 aliphatic rings. The molecule has 0 atom stereocenters. The summed E-state index contributed by atoms with van der Waals surface area (Å²) in [5.74, 6) is -0.277. The van der Waals surface area contributed by atoms with Crippen molar-refractivity contribution in [1.82, 2.24) is 15.4 Å². The van der Waals surface area contributed by atoms with Gasteiger partial charge in [-0.3, -0.25) is 9.59 Å². The lowest BCUT2D eigenvalue weighted by Gasteiger charge is -2.13. The van der Waals surface area contributed by atoms with Crippen LogP contribution in [0.4, 0.5) is 5.69 Å². The molecular formula is C22H19N5O4. The van der Waals surface area contributed by atoms with E-state index in [4.69, 9.17) is 15.2 Å². The standard InChI is InChI=1S/C22H19N5O4/c1-30-18-11-14(20-21(22(23)29)26-27-25-20)9-10-17(18)31-12-19(28)24-16-8-4-6-13-5-2-3-7-15(13)16/h2-11H,12H2,1H3,(H2,23,29)(H,24,28)(H,25,26,27). The molecule has 0 aliphatic heterocycles. The van der Waals surface area contributed by atoms with Crippen LogP contribution >= 0.6 is 0 Å². The zero-order valence-corrected chi connectivity index (χ0v) is 16.6. The molecule has 0 fully saturated rings. The Kier molecular flexibility index (Phi) is 5.48. The van der Waals surface area contributed by atoms with E-state index in [9.17, 15) is 9.59 Å². The topological polar surface area (TPSA) is 132 Å². The van der Waals surface area contributed by atoms with Gasteiger partial charge in [0.25, 0.3) is 11.8 Å². The van der Waals surface area contributed by atoms with Crippen molar-refractivity contribution in [2.45, 2.75) is 0 Å². The summed E-state index contributed by atoms with van der Waals surface area (Å²) in [5.41, 5.74) is 6.90. The molecule has 0 spiro atoms. The second-order valence-electron chi connectivity index (χ2n) is 6.61. The summed E-state index contributed by atoms with van der Waals surface area (Å²) in [7, 11) is 1.47. The lowest BCUT2D eigenvalue weighted by molar-refractivity contribution is -0.118. The third-order valence-electron chi connectivity index (χ3n) is 4.64. The van der Waals surface area contributed by atoms with Crippen LogP contribution < -0.4 is 20.5 Å². The number of nitrogens with two attached hydrogens (primary N) is 1. The summed E-state index contributed by atoms with van der Waals surface area (Å²) in [5, 5.41) is 14.9. The minimum Gasteiger partial charge on any atom is -0.493 e. The number of carbonyl (C=O) groups is 2. The zero-order chi connectivity index (χ0) is 21.8. The fourth-order valence-corrected chi connectivity index (χ4v) is 3.20. The van der Waals surface area contributed by atoms with E-state index in [0.717, 1.165) is 10.8 Å². The van der Waals surface area contributed by atoms with Crippen LogP contribution in [0.3, 0.4) is 0 Å². The molecule has 4 rings (SSSR count). The number of nitrogens with one attached hydrogen (secondary N) is 2. The predicted octanol–water partition coefficient (Wildman–Crippen LogP) is 2.75. The van der Waals surface area contributed by atoms with Gasteiger partial charge in [-0.1, -0.05) is 36.4 Å². The maximum Gasteiger partial charge on any atom is 0.271 e. The van der Waals surface area contributed by atoms with Gasteiger partial charge < -0.3 is 20.5 Å². The summed E-state index contributed by atoms with van der Waals surface area (Å²) < 4.78 is 11.0. The molecule has 0 aliphatic carbocycles. The van der Waals surface area contributed by atoms with E-state index >= 15 is 0 Å². The molecule has 2 amide bonds. The average Bonchev–Trinajstić information content (AvgIpc) is 3.28. The molecule has 9 nitrogen and oxygen atoms in total. The predicted molar refractivity (Wildman–Crippen MR) is 115 cm³/mol. The molecule has 0 bridgehead atoms. The number of hydrogen-bond acceptors (Lipinski definition) is 6. The normalized spacial score (nSPS) is 10.6. The Hall–Kier alpha value is -4.40. The van der Waals surface area contributed by atoms with Gasteiger partial charge in [0.15, 0.2) is 23.8 Å². The van der Waals surface area contributed by atoms with E-state index in [1.54, 1.807) is 18.2 Å². The fourth-order valence-electron chi connectivity index (χ4n) is 3.20. The van der Waals surface area contributed by atoms with Gasteiger partial charge in [0.05, 0.1) is 7.11 Å². The first-order chi connectivity index (χ1) is 15.1. The van der Waals surface area contributed by atoms with E-state index in [1.807, 2.05) is 42.5 Å². The largest absolute Gasteiger partial charge is 0.493 e. The van der Waals surface area contributed by atoms with E-state index in [2.05, 4.69) is 20.7 Å². The van der Waals surface area contributed by atoms with E-state index < -0.39 is 5.91 Å². The first kappa shape index (κ1) is 19.9. The molecule has 156 valence electrons. The van der Waals surface area contributed by atoms with E-state index in [0.29, 0.717) is 28.4 Å². The minimum atomic E-state index is -0.701. The first-order valence-electron chi connectivity index (χ1n) is 9.36. The Morgan fingerprint density at radius 3 is 2.65 bits per heavy atom. The quantitative estimate of drug-likeness (QED) is 0.424. The van der Waals surface area contributed by atoms with Crippen molar-refractivity contribution >= 4 is 28.3 Å². The Labute approximate surface area is 177 Å². The van der Waals surface area contributed by atoms with Gasteiger partial charge in [-0.15, -0.1) is 0 Å². The van der Waals surface area contributed by atoms with Gasteiger partial charge in [-0.2, -0.15) is 15.4 Å². The number of hydrogen-bond donors (Lipinski definition) is 3. The van der Waals surface area contributed by atoms with Crippen LogP contribution in [0.15, 0.2) is 60.7 Å². The van der Waals surface area contributed by atoms with Crippen molar-refractivity contribution < 1.29 is 19.1 Å². The number of nitrogens with zero attached hydrogens (tertiary/aromatic N) is 2. The third-order valence-corrected chi connectivity index (χ3v) is 4.64. The van der Waals surface area contributed by atoms with Crippen LogP contribution in [0.1, 0.15) is 10.5 Å². The van der Waals surface area contributed by atoms with Crippen LogP contribution in [0.25, 0.3) is 22.0 Å².